The van der Waals surface area contributed by atoms with Crippen LogP contribution in [0.15, 0.2) is 52.4 Å². The van der Waals surface area contributed by atoms with Crippen molar-refractivity contribution in [2.24, 2.45) is 5.16 Å². The Labute approximate surface area is 213 Å². The molecule has 0 aliphatic carbocycles. The van der Waals surface area contributed by atoms with E-state index in [-0.39, 0.29) is 22.2 Å². The molecule has 2 amide bonds. The molecule has 36 heavy (non-hydrogen) atoms. The van der Waals surface area contributed by atoms with Crippen LogP contribution in [0, 0.1) is 6.92 Å². The number of aromatic nitrogens is 3. The number of aliphatic carboxylic acids is 1. The van der Waals surface area contributed by atoms with E-state index in [2.05, 4.69) is 15.5 Å². The van der Waals surface area contributed by atoms with Gasteiger partial charge in [-0.2, -0.15) is 0 Å². The highest BCUT2D eigenvalue weighted by Gasteiger charge is 2.54. The van der Waals surface area contributed by atoms with Crippen molar-refractivity contribution in [3.63, 3.8) is 0 Å². The van der Waals surface area contributed by atoms with Crippen molar-refractivity contribution in [3.05, 3.63) is 58.6 Å². The highest BCUT2D eigenvalue weighted by Crippen LogP contribution is 2.40. The molecule has 5 rings (SSSR count). The molecular weight excluding hydrogens is 506 g/mol. The van der Waals surface area contributed by atoms with Crippen molar-refractivity contribution in [1.82, 2.24) is 19.6 Å². The molecule has 0 saturated carbocycles. The second kappa shape index (κ2) is 9.28. The average molecular weight is 529 g/mol. The standard InChI is InChI=1S/C22H21N7O5S2/c1-11-7-27(14-5-3-4-6-28(11)14)8-12-9-35-20-16(19(31)29(20)17(12)21(32)33)25-18(30)15(26-34-2)13-10-36-22(23)24-13/h3-7,10,16,20H,8-9H2,1-2H3,(H3-,23,24,25,30,32,33)/p+1/b26-15-/t16-,20-/m1/s1. The lowest BCUT2D eigenvalue weighted by atomic mass is 10.0. The minimum absolute atomic E-state index is 0.0484. The third-order valence-electron chi connectivity index (χ3n) is 5.92. The highest BCUT2D eigenvalue weighted by atomic mass is 32.2. The summed E-state index contributed by atoms with van der Waals surface area (Å²) in [6.45, 7) is 2.29. The largest absolute Gasteiger partial charge is 0.477 e. The highest BCUT2D eigenvalue weighted by molar-refractivity contribution is 8.00. The molecule has 5 heterocycles. The fraction of sp³-hybridized carbons (Fsp3) is 0.273. The number of hydrogen-bond donors (Lipinski definition) is 3. The summed E-state index contributed by atoms with van der Waals surface area (Å²) in [6, 6.07) is 4.87. The van der Waals surface area contributed by atoms with Gasteiger partial charge in [-0.3, -0.25) is 14.5 Å². The normalized spacial score (nSPS) is 19.8. The third-order valence-corrected chi connectivity index (χ3v) is 7.93. The van der Waals surface area contributed by atoms with Crippen molar-refractivity contribution in [2.45, 2.75) is 24.9 Å². The van der Waals surface area contributed by atoms with Crippen molar-refractivity contribution >= 4 is 57.4 Å². The molecule has 1 saturated heterocycles. The molecule has 0 aromatic carbocycles. The Balaban J connectivity index is 1.38. The number of carboxylic acid groups (broad SMARTS) is 1. The van der Waals surface area contributed by atoms with Gasteiger partial charge in [0.2, 0.25) is 0 Å². The maximum absolute atomic E-state index is 13.1. The molecule has 0 spiro atoms. The average Bonchev–Trinajstić information content (AvgIpc) is 3.43. The van der Waals surface area contributed by atoms with E-state index in [9.17, 15) is 19.5 Å². The zero-order chi connectivity index (χ0) is 25.6. The van der Waals surface area contributed by atoms with Crippen LogP contribution < -0.4 is 15.6 Å². The van der Waals surface area contributed by atoms with Gasteiger partial charge < -0.3 is 21.0 Å². The summed E-state index contributed by atoms with van der Waals surface area (Å²) in [5.41, 5.74) is 8.23. The molecule has 4 N–H and O–H groups in total. The van der Waals surface area contributed by atoms with E-state index in [1.54, 1.807) is 5.38 Å². The number of carboxylic acids is 1. The van der Waals surface area contributed by atoms with Gasteiger partial charge in [-0.15, -0.1) is 23.1 Å². The summed E-state index contributed by atoms with van der Waals surface area (Å²) in [6.07, 6.45) is 3.88. The molecule has 14 heteroatoms. The van der Waals surface area contributed by atoms with E-state index in [4.69, 9.17) is 10.6 Å². The first-order chi connectivity index (χ1) is 17.3. The number of amides is 2. The smallest absolute Gasteiger partial charge is 0.352 e. The van der Waals surface area contributed by atoms with Crippen LogP contribution in [-0.2, 0) is 25.8 Å². The molecule has 0 unspecified atom stereocenters. The number of nitrogens with two attached hydrogens (primary N) is 1. The van der Waals surface area contributed by atoms with Gasteiger partial charge in [0, 0.05) is 29.7 Å². The van der Waals surface area contributed by atoms with Gasteiger partial charge in [0.25, 0.3) is 17.5 Å². The Morgan fingerprint density at radius 3 is 2.92 bits per heavy atom. The SMILES string of the molecule is CO/N=C(\C(=O)N[C@@H]1C(=O)N2C(C(=O)O)=C(C[n+]3cc(C)n4ccccc43)CS[C@H]12)c1csc(N)n1. The lowest BCUT2D eigenvalue weighted by Crippen LogP contribution is -2.71. The first-order valence-electron chi connectivity index (χ1n) is 10.8. The number of nitrogens with one attached hydrogen (secondary N) is 1. The van der Waals surface area contributed by atoms with Crippen LogP contribution in [0.2, 0.25) is 0 Å². The van der Waals surface area contributed by atoms with Crippen molar-refractivity contribution in [1.29, 1.82) is 0 Å². The molecule has 0 bridgehead atoms. The third kappa shape index (κ3) is 3.97. The summed E-state index contributed by atoms with van der Waals surface area (Å²) in [5, 5.41) is 17.6. The quantitative estimate of drug-likeness (QED) is 0.172. The van der Waals surface area contributed by atoms with E-state index >= 15 is 0 Å². The van der Waals surface area contributed by atoms with Crippen LogP contribution in [0.4, 0.5) is 5.13 Å². The Hall–Kier alpha value is -3.91. The number of aryl methyl sites for hydroxylation is 1. The van der Waals surface area contributed by atoms with Crippen LogP contribution >= 0.6 is 23.1 Å². The number of anilines is 1. The zero-order valence-corrected chi connectivity index (χ0v) is 20.9. The minimum Gasteiger partial charge on any atom is -0.477 e. The molecule has 1 fully saturated rings. The van der Waals surface area contributed by atoms with Crippen molar-refractivity contribution < 1.29 is 28.9 Å². The minimum atomic E-state index is -1.19. The van der Waals surface area contributed by atoms with Crippen LogP contribution in [-0.4, -0.2) is 67.2 Å². The number of β-lactam (4-membered cyclic amide) rings is 1. The van der Waals surface area contributed by atoms with E-state index in [0.717, 1.165) is 22.7 Å². The van der Waals surface area contributed by atoms with Gasteiger partial charge in [0.15, 0.2) is 10.8 Å². The number of hydrogen-bond acceptors (Lipinski definition) is 9. The van der Waals surface area contributed by atoms with Crippen LogP contribution in [0.25, 0.3) is 5.65 Å². The molecule has 0 radical (unpaired) electrons. The number of fused-ring (bicyclic) bond motifs is 2. The molecule has 12 nitrogen and oxygen atoms in total. The second-order valence-corrected chi connectivity index (χ2v) is 10.1. The number of oxime groups is 1. The van der Waals surface area contributed by atoms with Crippen LogP contribution in [0.3, 0.4) is 0 Å². The molecule has 2 aliphatic heterocycles. The monoisotopic (exact) mass is 528 g/mol. The summed E-state index contributed by atoms with van der Waals surface area (Å²) in [5.74, 6) is -1.97. The van der Waals surface area contributed by atoms with Gasteiger partial charge in [-0.25, -0.2) is 18.7 Å². The molecule has 3 aromatic rings. The Kier molecular flexibility index (Phi) is 6.14. The number of nitrogens with zero attached hydrogens (tertiary/aromatic N) is 5. The number of carbonyl (C=O) groups is 3. The van der Waals surface area contributed by atoms with Crippen LogP contribution in [0.5, 0.6) is 0 Å². The predicted molar refractivity (Wildman–Crippen MR) is 132 cm³/mol. The topological polar surface area (TPSA) is 156 Å². The van der Waals surface area contributed by atoms with Gasteiger partial charge in [-0.05, 0) is 6.07 Å². The lowest BCUT2D eigenvalue weighted by molar-refractivity contribution is -0.662. The maximum Gasteiger partial charge on any atom is 0.352 e. The zero-order valence-electron chi connectivity index (χ0n) is 19.2. The van der Waals surface area contributed by atoms with E-state index in [1.165, 1.54) is 23.8 Å². The maximum atomic E-state index is 13.1. The van der Waals surface area contributed by atoms with E-state index in [1.807, 2.05) is 46.5 Å². The van der Waals surface area contributed by atoms with Crippen molar-refractivity contribution in [3.8, 4) is 0 Å². The number of nitrogen functional groups attached to an aromatic ring is 1. The molecule has 2 atom stereocenters. The lowest BCUT2D eigenvalue weighted by Gasteiger charge is -2.49. The van der Waals surface area contributed by atoms with Crippen molar-refractivity contribution in [2.75, 3.05) is 18.6 Å². The summed E-state index contributed by atoms with van der Waals surface area (Å²) in [4.78, 5) is 48.3. The number of rotatable bonds is 7. The fourth-order valence-electron chi connectivity index (χ4n) is 4.36. The van der Waals surface area contributed by atoms with Gasteiger partial charge in [0.05, 0.1) is 6.20 Å². The Morgan fingerprint density at radius 1 is 1.42 bits per heavy atom. The molecular formula is C22H22N7O5S2+. The summed E-state index contributed by atoms with van der Waals surface area (Å²) < 4.78 is 3.97. The number of imidazole rings is 1. The predicted octanol–water partition coefficient (Wildman–Crippen LogP) is 0.363. The number of thioether (sulfide) groups is 1. The Bertz CT molecular complexity index is 1460. The van der Waals surface area contributed by atoms with E-state index < -0.39 is 29.2 Å². The van der Waals surface area contributed by atoms with Gasteiger partial charge in [-0.1, -0.05) is 11.2 Å². The molecule has 186 valence electrons. The first-order valence-corrected chi connectivity index (χ1v) is 12.7. The second-order valence-electron chi connectivity index (χ2n) is 8.14. The van der Waals surface area contributed by atoms with Gasteiger partial charge in [0.1, 0.15) is 48.4 Å². The van der Waals surface area contributed by atoms with Gasteiger partial charge >= 0.3 is 5.97 Å². The summed E-state index contributed by atoms with van der Waals surface area (Å²) in [7, 11) is 1.29. The molecule has 2 aliphatic rings. The molecule has 3 aromatic heterocycles. The Morgan fingerprint density at radius 2 is 2.22 bits per heavy atom. The summed E-state index contributed by atoms with van der Waals surface area (Å²) >= 11 is 2.53. The number of pyridine rings is 1. The number of carbonyl (C=O) groups excluding carboxylic acids is 2. The first kappa shape index (κ1) is 23.8. The van der Waals surface area contributed by atoms with Crippen LogP contribution in [0.1, 0.15) is 11.4 Å². The fourth-order valence-corrected chi connectivity index (χ4v) is 6.24. The van der Waals surface area contributed by atoms with E-state index in [0.29, 0.717) is 17.9 Å². The number of thiazole rings is 1.